The van der Waals surface area contributed by atoms with Crippen LogP contribution in [-0.4, -0.2) is 37.2 Å². The van der Waals surface area contributed by atoms with Crippen LogP contribution in [0.1, 0.15) is 18.9 Å². The molecule has 10 heteroatoms. The van der Waals surface area contributed by atoms with Crippen LogP contribution in [-0.2, 0) is 26.1 Å². The van der Waals surface area contributed by atoms with Gasteiger partial charge in [0.1, 0.15) is 16.1 Å². The molecule has 2 rings (SSSR count). The molecule has 0 spiro atoms. The molecule has 1 aliphatic rings. The largest absolute Gasteiger partial charge is 0.379 e. The van der Waals surface area contributed by atoms with Gasteiger partial charge in [0, 0.05) is 6.42 Å². The van der Waals surface area contributed by atoms with Crippen molar-refractivity contribution in [2.75, 3.05) is 6.54 Å². The van der Waals surface area contributed by atoms with E-state index in [0.717, 1.165) is 0 Å². The van der Waals surface area contributed by atoms with Gasteiger partial charge in [0.05, 0.1) is 17.4 Å². The smallest absolute Gasteiger partial charge is 0.331 e. The Balaban J connectivity index is 2.13. The van der Waals surface area contributed by atoms with Crippen molar-refractivity contribution < 1.29 is 22.2 Å². The average Bonchev–Trinajstić information content (AvgIpc) is 3.19. The number of carbonyl (C=O) groups excluding carboxylic acids is 2. The fourth-order valence-electron chi connectivity index (χ4n) is 2.52. The fourth-order valence-corrected chi connectivity index (χ4v) is 3.67. The maximum atomic E-state index is 12.6. The predicted octanol–water partition coefficient (Wildman–Crippen LogP) is 1.90. The first-order valence-electron chi connectivity index (χ1n) is 8.50. The van der Waals surface area contributed by atoms with Crippen molar-refractivity contribution in [1.29, 1.82) is 0 Å². The van der Waals surface area contributed by atoms with Crippen LogP contribution in [0.5, 0.6) is 5.75 Å². The lowest BCUT2D eigenvalue weighted by Crippen LogP contribution is -2.50. The average molecular weight is 459 g/mol. The molecule has 1 aliphatic carbocycles. The first kappa shape index (κ1) is 23.1. The number of terminal acetylenes is 1. The van der Waals surface area contributed by atoms with E-state index in [4.69, 9.17) is 33.8 Å². The summed E-state index contributed by atoms with van der Waals surface area (Å²) < 4.78 is 26.5. The molecule has 1 saturated carbocycles. The zero-order valence-corrected chi connectivity index (χ0v) is 17.9. The minimum atomic E-state index is -3.87. The molecular formula is C19H20Cl2N2O5S. The SMILES string of the molecule is C#CCNC(=O)[C@H](Cc1ccc(OS(=O)(=O)C=C)cc1)NC(=O)C1(C)CC1(Cl)Cl. The van der Waals surface area contributed by atoms with Crippen LogP contribution >= 0.6 is 23.2 Å². The maximum absolute atomic E-state index is 12.6. The molecule has 0 aromatic heterocycles. The number of alkyl halides is 2. The molecule has 29 heavy (non-hydrogen) atoms. The lowest BCUT2D eigenvalue weighted by atomic mass is 10.0. The first-order valence-corrected chi connectivity index (χ1v) is 10.7. The Labute approximate surface area is 179 Å². The molecule has 1 unspecified atom stereocenters. The Morgan fingerprint density at radius 1 is 1.38 bits per heavy atom. The third-order valence-corrected chi connectivity index (χ3v) is 6.46. The van der Waals surface area contributed by atoms with Crippen LogP contribution in [0.15, 0.2) is 36.3 Å². The topological polar surface area (TPSA) is 102 Å². The van der Waals surface area contributed by atoms with Gasteiger partial charge in [-0.15, -0.1) is 29.6 Å². The third-order valence-electron chi connectivity index (χ3n) is 4.53. The highest BCUT2D eigenvalue weighted by Gasteiger charge is 2.68. The van der Waals surface area contributed by atoms with Crippen molar-refractivity contribution in [3.8, 4) is 18.1 Å². The predicted molar refractivity (Wildman–Crippen MR) is 111 cm³/mol. The molecule has 0 bridgehead atoms. The molecule has 0 aliphatic heterocycles. The number of rotatable bonds is 9. The van der Waals surface area contributed by atoms with Gasteiger partial charge in [-0.2, -0.15) is 8.42 Å². The van der Waals surface area contributed by atoms with Gasteiger partial charge in [-0.3, -0.25) is 9.59 Å². The monoisotopic (exact) mass is 458 g/mol. The standard InChI is InChI=1S/C19H20Cl2N2O5S/c1-4-10-22-16(24)15(23-17(25)18(3)12-19(18,20)21)11-13-6-8-14(9-7-13)28-29(26,27)5-2/h1,5-9,15H,2,10-12H2,3H3,(H,22,24)(H,23,25)/t15-,18?/m0/s1. The van der Waals surface area contributed by atoms with Gasteiger partial charge < -0.3 is 14.8 Å². The van der Waals surface area contributed by atoms with Crippen LogP contribution in [0.3, 0.4) is 0 Å². The third kappa shape index (κ3) is 5.66. The van der Waals surface area contributed by atoms with E-state index < -0.39 is 37.7 Å². The minimum absolute atomic E-state index is 0.00358. The zero-order chi connectivity index (χ0) is 21.9. The number of amides is 2. The van der Waals surface area contributed by atoms with E-state index in [9.17, 15) is 18.0 Å². The summed E-state index contributed by atoms with van der Waals surface area (Å²) in [6, 6.07) is 5.08. The van der Waals surface area contributed by atoms with Crippen molar-refractivity contribution in [3.05, 3.63) is 41.8 Å². The quantitative estimate of drug-likeness (QED) is 0.334. The number of nitrogens with one attached hydrogen (secondary N) is 2. The number of benzene rings is 1. The van der Waals surface area contributed by atoms with E-state index in [-0.39, 0.29) is 25.1 Å². The van der Waals surface area contributed by atoms with E-state index in [0.29, 0.717) is 11.0 Å². The molecule has 2 atom stereocenters. The highest BCUT2D eigenvalue weighted by Crippen LogP contribution is 2.63. The molecule has 156 valence electrons. The van der Waals surface area contributed by atoms with E-state index in [1.807, 2.05) is 0 Å². The summed E-state index contributed by atoms with van der Waals surface area (Å²) in [4.78, 5) is 25.0. The van der Waals surface area contributed by atoms with E-state index in [1.54, 1.807) is 19.1 Å². The highest BCUT2D eigenvalue weighted by atomic mass is 35.5. The number of halogens is 2. The van der Waals surface area contributed by atoms with E-state index in [2.05, 4.69) is 23.1 Å². The van der Waals surface area contributed by atoms with E-state index >= 15 is 0 Å². The molecule has 2 N–H and O–H groups in total. The van der Waals surface area contributed by atoms with Crippen molar-refractivity contribution in [2.24, 2.45) is 5.41 Å². The van der Waals surface area contributed by atoms with Gasteiger partial charge in [0.2, 0.25) is 11.8 Å². The number of hydrogen-bond donors (Lipinski definition) is 2. The molecule has 1 fully saturated rings. The van der Waals surface area contributed by atoms with Crippen molar-refractivity contribution in [3.63, 3.8) is 0 Å². The zero-order valence-electron chi connectivity index (χ0n) is 15.6. The molecule has 7 nitrogen and oxygen atoms in total. The molecule has 2 amide bonds. The highest BCUT2D eigenvalue weighted by molar-refractivity contribution is 7.90. The van der Waals surface area contributed by atoms with Crippen LogP contribution in [0.2, 0.25) is 0 Å². The van der Waals surface area contributed by atoms with Gasteiger partial charge in [-0.25, -0.2) is 0 Å². The van der Waals surface area contributed by atoms with Crippen molar-refractivity contribution in [1.82, 2.24) is 10.6 Å². The molecule has 0 radical (unpaired) electrons. The Hall–Kier alpha value is -2.21. The van der Waals surface area contributed by atoms with Crippen LogP contribution < -0.4 is 14.8 Å². The Morgan fingerprint density at radius 3 is 2.45 bits per heavy atom. The Bertz CT molecular complexity index is 954. The van der Waals surface area contributed by atoms with Crippen LogP contribution in [0.4, 0.5) is 0 Å². The summed E-state index contributed by atoms with van der Waals surface area (Å²) in [5.41, 5.74) is -0.337. The summed E-state index contributed by atoms with van der Waals surface area (Å²) in [5.74, 6) is 1.47. The lowest BCUT2D eigenvalue weighted by molar-refractivity contribution is -0.131. The molecule has 0 heterocycles. The Morgan fingerprint density at radius 2 is 1.97 bits per heavy atom. The number of hydrogen-bond acceptors (Lipinski definition) is 5. The van der Waals surface area contributed by atoms with Crippen molar-refractivity contribution in [2.45, 2.75) is 30.1 Å². The van der Waals surface area contributed by atoms with Gasteiger partial charge in [0.25, 0.3) is 0 Å². The summed E-state index contributed by atoms with van der Waals surface area (Å²) in [7, 11) is -3.87. The lowest BCUT2D eigenvalue weighted by Gasteiger charge is -2.21. The van der Waals surface area contributed by atoms with Gasteiger partial charge in [-0.05, 0) is 31.0 Å². The fraction of sp³-hybridized carbons (Fsp3) is 0.368. The normalized spacial score (nSPS) is 20.6. The van der Waals surface area contributed by atoms with Crippen molar-refractivity contribution >= 4 is 45.1 Å². The molecule has 0 saturated heterocycles. The second kappa shape index (κ2) is 8.66. The minimum Gasteiger partial charge on any atom is -0.379 e. The summed E-state index contributed by atoms with van der Waals surface area (Å²) in [5, 5.41) is 5.88. The molecule has 1 aromatic rings. The summed E-state index contributed by atoms with van der Waals surface area (Å²) in [6.07, 6.45) is 5.57. The Kier molecular flexibility index (Phi) is 6.89. The second-order valence-electron chi connectivity index (χ2n) is 6.75. The maximum Gasteiger partial charge on any atom is 0.331 e. The van der Waals surface area contributed by atoms with Gasteiger partial charge in [0.15, 0.2) is 0 Å². The second-order valence-corrected chi connectivity index (χ2v) is 9.72. The summed E-state index contributed by atoms with van der Waals surface area (Å²) >= 11 is 12.1. The van der Waals surface area contributed by atoms with Crippen LogP contribution in [0, 0.1) is 17.8 Å². The van der Waals surface area contributed by atoms with Gasteiger partial charge >= 0.3 is 10.1 Å². The molecular weight excluding hydrogens is 439 g/mol. The molecule has 1 aromatic carbocycles. The van der Waals surface area contributed by atoms with Gasteiger partial charge in [-0.1, -0.05) is 24.6 Å². The van der Waals surface area contributed by atoms with Crippen LogP contribution in [0.25, 0.3) is 0 Å². The summed E-state index contributed by atoms with van der Waals surface area (Å²) in [6.45, 7) is 4.78. The first-order chi connectivity index (χ1) is 13.4. The van der Waals surface area contributed by atoms with E-state index in [1.165, 1.54) is 12.1 Å². The number of carbonyl (C=O) groups is 2.